The summed E-state index contributed by atoms with van der Waals surface area (Å²) in [4.78, 5) is 31.7. The number of aromatic amines is 2. The van der Waals surface area contributed by atoms with Gasteiger partial charge in [-0.1, -0.05) is 17.7 Å². The van der Waals surface area contributed by atoms with Crippen molar-refractivity contribution in [1.29, 1.82) is 0 Å². The first-order chi connectivity index (χ1) is 15.8. The first-order valence-corrected chi connectivity index (χ1v) is 10.9. The Bertz CT molecular complexity index is 1500. The highest BCUT2D eigenvalue weighted by Gasteiger charge is 2.31. The number of aryl methyl sites for hydroxylation is 3. The average molecular weight is 447 g/mol. The van der Waals surface area contributed by atoms with Crippen LogP contribution >= 0.6 is 0 Å². The zero-order valence-electron chi connectivity index (χ0n) is 19.0. The molecule has 5 rings (SSSR count). The van der Waals surface area contributed by atoms with E-state index in [1.807, 2.05) is 51.1 Å². The monoisotopic (exact) mass is 446 g/mol. The predicted octanol–water partition coefficient (Wildman–Crippen LogP) is 2.88. The molecular weight excluding hydrogens is 420 g/mol. The van der Waals surface area contributed by atoms with E-state index in [-0.39, 0.29) is 11.4 Å². The second kappa shape index (κ2) is 7.67. The highest BCUT2D eigenvalue weighted by Crippen LogP contribution is 2.37. The molecule has 0 unspecified atom stereocenters. The first kappa shape index (κ1) is 21.1. The van der Waals surface area contributed by atoms with Gasteiger partial charge in [0.1, 0.15) is 11.3 Å². The molecule has 0 aliphatic carbocycles. The molecule has 8 heteroatoms. The minimum Gasteiger partial charge on any atom is -0.497 e. The van der Waals surface area contributed by atoms with Gasteiger partial charge < -0.3 is 20.1 Å². The van der Waals surface area contributed by atoms with Crippen LogP contribution in [0.25, 0.3) is 16.6 Å². The van der Waals surface area contributed by atoms with Gasteiger partial charge in [0.05, 0.1) is 18.8 Å². The van der Waals surface area contributed by atoms with Gasteiger partial charge in [0.25, 0.3) is 5.56 Å². The van der Waals surface area contributed by atoms with Gasteiger partial charge in [-0.05, 0) is 62.1 Å². The topological polar surface area (TPSA) is 112 Å². The second-order valence-corrected chi connectivity index (χ2v) is 8.65. The van der Waals surface area contributed by atoms with Crippen LogP contribution in [-0.2, 0) is 6.42 Å². The van der Waals surface area contributed by atoms with Crippen molar-refractivity contribution in [3.05, 3.63) is 84.7 Å². The number of aromatic hydroxyl groups is 1. The Morgan fingerprint density at radius 2 is 1.79 bits per heavy atom. The number of hydrogen-bond acceptors (Lipinski definition) is 5. The Morgan fingerprint density at radius 3 is 2.48 bits per heavy atom. The Balaban J connectivity index is 1.75. The molecule has 3 heterocycles. The lowest BCUT2D eigenvalue weighted by Gasteiger charge is -2.26. The number of benzene rings is 2. The van der Waals surface area contributed by atoms with Crippen molar-refractivity contribution >= 4 is 10.9 Å². The Morgan fingerprint density at radius 1 is 1.06 bits per heavy atom. The van der Waals surface area contributed by atoms with Crippen LogP contribution in [0.15, 0.2) is 39.9 Å². The summed E-state index contributed by atoms with van der Waals surface area (Å²) in [5.41, 5.74) is 4.88. The Kier molecular flexibility index (Phi) is 4.90. The molecule has 0 saturated heterocycles. The lowest BCUT2D eigenvalue weighted by molar-refractivity contribution is 0.409. The van der Waals surface area contributed by atoms with E-state index in [1.165, 1.54) is 4.57 Å². The third kappa shape index (κ3) is 3.25. The molecule has 33 heavy (non-hydrogen) atoms. The lowest BCUT2D eigenvalue weighted by Crippen LogP contribution is -2.39. The van der Waals surface area contributed by atoms with Crippen LogP contribution in [0.4, 0.5) is 0 Å². The van der Waals surface area contributed by atoms with E-state index in [0.29, 0.717) is 12.2 Å². The summed E-state index contributed by atoms with van der Waals surface area (Å²) in [6.07, 6.45) is 0.757. The van der Waals surface area contributed by atoms with E-state index >= 15 is 0 Å². The molecular formula is C25H26N4O4. The molecule has 170 valence electrons. The highest BCUT2D eigenvalue weighted by atomic mass is 16.5. The van der Waals surface area contributed by atoms with Gasteiger partial charge in [0.15, 0.2) is 0 Å². The molecule has 1 atom stereocenters. The van der Waals surface area contributed by atoms with Crippen LogP contribution in [0, 0.1) is 20.8 Å². The number of nitrogens with zero attached hydrogens (tertiary/aromatic N) is 1. The molecule has 0 radical (unpaired) electrons. The summed E-state index contributed by atoms with van der Waals surface area (Å²) in [5, 5.41) is 15.7. The molecule has 4 aromatic rings. The van der Waals surface area contributed by atoms with Crippen molar-refractivity contribution in [2.75, 3.05) is 13.7 Å². The zero-order chi connectivity index (χ0) is 23.4. The second-order valence-electron chi connectivity index (χ2n) is 8.65. The third-order valence-corrected chi connectivity index (χ3v) is 6.43. The summed E-state index contributed by atoms with van der Waals surface area (Å²) >= 11 is 0. The normalized spacial score (nSPS) is 15.6. The van der Waals surface area contributed by atoms with Crippen molar-refractivity contribution in [3.63, 3.8) is 0 Å². The number of aromatic nitrogens is 3. The van der Waals surface area contributed by atoms with Crippen LogP contribution in [0.2, 0.25) is 0 Å². The van der Waals surface area contributed by atoms with Crippen LogP contribution < -0.4 is 21.3 Å². The van der Waals surface area contributed by atoms with Crippen LogP contribution in [0.3, 0.4) is 0 Å². The summed E-state index contributed by atoms with van der Waals surface area (Å²) in [5.74, 6) is 0.388. The number of fused-ring (bicyclic) bond motifs is 3. The van der Waals surface area contributed by atoms with E-state index in [1.54, 1.807) is 7.11 Å². The fourth-order valence-electron chi connectivity index (χ4n) is 5.11. The number of rotatable bonds is 3. The van der Waals surface area contributed by atoms with E-state index < -0.39 is 17.3 Å². The van der Waals surface area contributed by atoms with Gasteiger partial charge in [0.2, 0.25) is 5.88 Å². The first-order valence-electron chi connectivity index (χ1n) is 10.9. The maximum atomic E-state index is 13.0. The van der Waals surface area contributed by atoms with Gasteiger partial charge in [-0.15, -0.1) is 0 Å². The molecule has 0 bridgehead atoms. The van der Waals surface area contributed by atoms with E-state index in [2.05, 4.69) is 15.3 Å². The van der Waals surface area contributed by atoms with Gasteiger partial charge in [-0.2, -0.15) is 0 Å². The third-order valence-electron chi connectivity index (χ3n) is 6.43. The zero-order valence-corrected chi connectivity index (χ0v) is 19.0. The average Bonchev–Trinajstić information content (AvgIpc) is 3.13. The van der Waals surface area contributed by atoms with Gasteiger partial charge in [-0.3, -0.25) is 9.78 Å². The smallest absolute Gasteiger partial charge is 0.335 e. The quantitative estimate of drug-likeness (QED) is 0.387. The fraction of sp³-hybridized carbons (Fsp3) is 0.280. The molecule has 2 aromatic carbocycles. The minimum atomic E-state index is -0.672. The molecule has 1 aliphatic rings. The molecule has 1 aliphatic heterocycles. The maximum absolute atomic E-state index is 13.0. The maximum Gasteiger partial charge on any atom is 0.335 e. The van der Waals surface area contributed by atoms with Crippen molar-refractivity contribution in [2.45, 2.75) is 33.2 Å². The number of H-pyrrole nitrogens is 2. The molecule has 0 fully saturated rings. The molecule has 0 saturated carbocycles. The lowest BCUT2D eigenvalue weighted by atomic mass is 9.95. The summed E-state index contributed by atoms with van der Waals surface area (Å²) in [6, 6.07) is 9.07. The summed E-state index contributed by atoms with van der Waals surface area (Å²) < 4.78 is 6.58. The van der Waals surface area contributed by atoms with Gasteiger partial charge in [-0.25, -0.2) is 9.36 Å². The van der Waals surface area contributed by atoms with Crippen molar-refractivity contribution in [2.24, 2.45) is 0 Å². The Hall–Kier alpha value is -3.78. The molecule has 0 amide bonds. The van der Waals surface area contributed by atoms with Gasteiger partial charge in [0, 0.05) is 23.1 Å². The Labute approximate surface area is 189 Å². The largest absolute Gasteiger partial charge is 0.497 e. The van der Waals surface area contributed by atoms with Crippen molar-refractivity contribution in [1.82, 2.24) is 19.9 Å². The van der Waals surface area contributed by atoms with E-state index in [9.17, 15) is 14.7 Å². The van der Waals surface area contributed by atoms with Crippen molar-refractivity contribution in [3.8, 4) is 17.3 Å². The molecule has 4 N–H and O–H groups in total. The number of methoxy groups -OCH3 is 1. The van der Waals surface area contributed by atoms with E-state index in [0.717, 1.165) is 51.0 Å². The summed E-state index contributed by atoms with van der Waals surface area (Å²) in [6.45, 7) is 6.35. The summed E-state index contributed by atoms with van der Waals surface area (Å²) in [7, 11) is 1.63. The van der Waals surface area contributed by atoms with Crippen LogP contribution in [0.1, 0.15) is 39.6 Å². The molecule has 2 aromatic heterocycles. The number of hydrogen-bond donors (Lipinski definition) is 4. The van der Waals surface area contributed by atoms with Crippen molar-refractivity contribution < 1.29 is 9.84 Å². The number of nitrogens with one attached hydrogen (secondary N) is 3. The highest BCUT2D eigenvalue weighted by molar-refractivity contribution is 5.86. The fourth-order valence-corrected chi connectivity index (χ4v) is 5.11. The molecule has 0 spiro atoms. The van der Waals surface area contributed by atoms with Crippen LogP contribution in [-0.4, -0.2) is 33.3 Å². The predicted molar refractivity (Wildman–Crippen MR) is 127 cm³/mol. The molecule has 8 nitrogen and oxygen atoms in total. The number of ether oxygens (including phenoxy) is 1. The SMILES string of the molecule is COc1ccc2[nH]c3c(c2c1)CCN[C@@H]3c1c(O)n(-c2c(C)cc(C)cc2C)c(=O)[nH]c1=O. The van der Waals surface area contributed by atoms with E-state index in [4.69, 9.17) is 4.74 Å². The van der Waals surface area contributed by atoms with Crippen LogP contribution in [0.5, 0.6) is 11.6 Å². The minimum absolute atomic E-state index is 0.105. The standard InChI is InChI=1S/C25H26N4O4/c1-12-9-13(2)22(14(3)10-12)29-24(31)19(23(30)28-25(29)32)21-20-16(7-8-26-21)17-11-15(33-4)5-6-18(17)27-20/h5-6,9-11,21,26-27,31H,7-8H2,1-4H3,(H,28,30,32)/t21-/m1/s1. The van der Waals surface area contributed by atoms with Gasteiger partial charge >= 0.3 is 5.69 Å².